The van der Waals surface area contributed by atoms with Gasteiger partial charge in [0.2, 0.25) is 0 Å². The maximum absolute atomic E-state index is 6.07. The lowest BCUT2D eigenvalue weighted by atomic mass is 9.76. The molecule has 3 N–H and O–H groups in total. The van der Waals surface area contributed by atoms with E-state index < -0.39 is 0 Å². The number of rotatable bonds is 3. The first-order chi connectivity index (χ1) is 9.21. The van der Waals surface area contributed by atoms with Crippen LogP contribution in [-0.2, 0) is 12.8 Å². The highest BCUT2D eigenvalue weighted by Crippen LogP contribution is 2.34. The second-order valence-corrected chi connectivity index (χ2v) is 6.47. The van der Waals surface area contributed by atoms with Gasteiger partial charge >= 0.3 is 0 Å². The van der Waals surface area contributed by atoms with Crippen molar-refractivity contribution in [1.29, 1.82) is 0 Å². The Morgan fingerprint density at radius 3 is 3.05 bits per heavy atom. The first-order valence-electron chi connectivity index (χ1n) is 7.68. The number of nitrogens with zero attached hydrogens (tertiary/aromatic N) is 1. The third-order valence-corrected chi connectivity index (χ3v) is 4.80. The fraction of sp³-hybridized carbons (Fsp3) is 0.688. The van der Waals surface area contributed by atoms with Gasteiger partial charge in [-0.15, -0.1) is 0 Å². The molecule has 0 saturated heterocycles. The van der Waals surface area contributed by atoms with E-state index in [2.05, 4.69) is 24.4 Å². The molecule has 3 nitrogen and oxygen atoms in total. The van der Waals surface area contributed by atoms with E-state index in [0.717, 1.165) is 18.2 Å². The minimum Gasteiger partial charge on any atom is -0.363 e. The first kappa shape index (κ1) is 12.9. The molecule has 0 aromatic carbocycles. The number of nitrogens with one attached hydrogen (secondary N) is 1. The number of aromatic nitrogens is 1. The summed E-state index contributed by atoms with van der Waals surface area (Å²) in [6, 6.07) is 4.38. The Kier molecular flexibility index (Phi) is 3.48. The van der Waals surface area contributed by atoms with Gasteiger partial charge < -0.3 is 11.1 Å². The molecule has 0 aliphatic heterocycles. The van der Waals surface area contributed by atoms with Gasteiger partial charge in [0.25, 0.3) is 0 Å². The fourth-order valence-corrected chi connectivity index (χ4v) is 3.77. The number of aryl methyl sites for hydroxylation is 2. The normalized spacial score (nSPS) is 30.1. The van der Waals surface area contributed by atoms with Crippen LogP contribution in [0.5, 0.6) is 0 Å². The van der Waals surface area contributed by atoms with E-state index >= 15 is 0 Å². The molecule has 2 atom stereocenters. The second-order valence-electron chi connectivity index (χ2n) is 6.47. The number of anilines is 1. The molecule has 1 aromatic rings. The standard InChI is InChI=1S/C16H25N3/c1-12-4-3-9-16(10-12,11-17)19-15-8-7-13-5-2-6-14(13)18-15/h7-8,12H,2-6,9-11,17H2,1H3,(H,18,19). The van der Waals surface area contributed by atoms with Crippen LogP contribution in [0.1, 0.15) is 50.3 Å². The van der Waals surface area contributed by atoms with E-state index in [1.807, 2.05) is 0 Å². The summed E-state index contributed by atoms with van der Waals surface area (Å²) < 4.78 is 0. The van der Waals surface area contributed by atoms with Gasteiger partial charge in [-0.3, -0.25) is 0 Å². The molecular weight excluding hydrogens is 234 g/mol. The summed E-state index contributed by atoms with van der Waals surface area (Å²) in [5.41, 5.74) is 8.87. The van der Waals surface area contributed by atoms with Crippen LogP contribution in [0, 0.1) is 5.92 Å². The highest BCUT2D eigenvalue weighted by atomic mass is 15.1. The summed E-state index contributed by atoms with van der Waals surface area (Å²) in [6.07, 6.45) is 8.54. The molecule has 3 heteroatoms. The Labute approximate surface area is 116 Å². The SMILES string of the molecule is CC1CCCC(CN)(Nc2ccc3c(n2)CCC3)C1. The molecule has 104 valence electrons. The van der Waals surface area contributed by atoms with Crippen molar-refractivity contribution >= 4 is 5.82 Å². The summed E-state index contributed by atoms with van der Waals surface area (Å²) in [6.45, 7) is 3.04. The highest BCUT2D eigenvalue weighted by molar-refractivity contribution is 5.43. The molecule has 2 aliphatic carbocycles. The van der Waals surface area contributed by atoms with Gasteiger partial charge in [-0.2, -0.15) is 0 Å². The fourth-order valence-electron chi connectivity index (χ4n) is 3.77. The van der Waals surface area contributed by atoms with E-state index in [-0.39, 0.29) is 5.54 Å². The highest BCUT2D eigenvalue weighted by Gasteiger charge is 2.34. The van der Waals surface area contributed by atoms with Crippen LogP contribution in [0.15, 0.2) is 12.1 Å². The Morgan fingerprint density at radius 2 is 2.26 bits per heavy atom. The van der Waals surface area contributed by atoms with Crippen molar-refractivity contribution < 1.29 is 0 Å². The van der Waals surface area contributed by atoms with Crippen molar-refractivity contribution in [2.24, 2.45) is 11.7 Å². The molecule has 0 radical (unpaired) electrons. The molecule has 1 aromatic heterocycles. The van der Waals surface area contributed by atoms with Crippen LogP contribution < -0.4 is 11.1 Å². The Balaban J connectivity index is 1.79. The number of hydrogen-bond acceptors (Lipinski definition) is 3. The molecule has 0 spiro atoms. The van der Waals surface area contributed by atoms with Gasteiger partial charge in [0.15, 0.2) is 0 Å². The molecule has 1 heterocycles. The van der Waals surface area contributed by atoms with Crippen molar-refractivity contribution in [2.45, 2.75) is 57.4 Å². The Morgan fingerprint density at radius 1 is 1.37 bits per heavy atom. The van der Waals surface area contributed by atoms with Crippen LogP contribution in [0.4, 0.5) is 5.82 Å². The Bertz CT molecular complexity index is 457. The Hall–Kier alpha value is -1.09. The summed E-state index contributed by atoms with van der Waals surface area (Å²) in [5.74, 6) is 1.79. The monoisotopic (exact) mass is 259 g/mol. The average Bonchev–Trinajstić information content (AvgIpc) is 2.86. The van der Waals surface area contributed by atoms with E-state index in [1.54, 1.807) is 0 Å². The molecule has 0 bridgehead atoms. The minimum absolute atomic E-state index is 0.0670. The largest absolute Gasteiger partial charge is 0.363 e. The third-order valence-electron chi connectivity index (χ3n) is 4.80. The van der Waals surface area contributed by atoms with Crippen molar-refractivity contribution in [2.75, 3.05) is 11.9 Å². The zero-order valence-corrected chi connectivity index (χ0v) is 11.9. The number of hydrogen-bond donors (Lipinski definition) is 2. The summed E-state index contributed by atoms with van der Waals surface area (Å²) in [5, 5.41) is 3.67. The van der Waals surface area contributed by atoms with Gasteiger partial charge in [-0.05, 0) is 49.7 Å². The van der Waals surface area contributed by atoms with Crippen molar-refractivity contribution in [3.63, 3.8) is 0 Å². The quantitative estimate of drug-likeness (QED) is 0.877. The van der Waals surface area contributed by atoms with Crippen LogP contribution in [0.3, 0.4) is 0 Å². The predicted octanol–water partition coefficient (Wildman–Crippen LogP) is 2.89. The predicted molar refractivity (Wildman–Crippen MR) is 79.3 cm³/mol. The second kappa shape index (κ2) is 5.12. The van der Waals surface area contributed by atoms with E-state index in [0.29, 0.717) is 6.54 Å². The lowest BCUT2D eigenvalue weighted by Crippen LogP contribution is -2.48. The van der Waals surface area contributed by atoms with Crippen LogP contribution in [-0.4, -0.2) is 17.1 Å². The van der Waals surface area contributed by atoms with Crippen LogP contribution in [0.2, 0.25) is 0 Å². The van der Waals surface area contributed by atoms with Crippen molar-refractivity contribution in [1.82, 2.24) is 4.98 Å². The molecule has 2 unspecified atom stereocenters. The molecule has 1 fully saturated rings. The zero-order valence-electron chi connectivity index (χ0n) is 11.9. The van der Waals surface area contributed by atoms with Crippen molar-refractivity contribution in [3.05, 3.63) is 23.4 Å². The summed E-state index contributed by atoms with van der Waals surface area (Å²) in [4.78, 5) is 4.80. The van der Waals surface area contributed by atoms with Gasteiger partial charge in [-0.25, -0.2) is 4.98 Å². The van der Waals surface area contributed by atoms with Gasteiger partial charge in [0, 0.05) is 12.2 Å². The topological polar surface area (TPSA) is 50.9 Å². The molecule has 2 aliphatic rings. The summed E-state index contributed by atoms with van der Waals surface area (Å²) >= 11 is 0. The summed E-state index contributed by atoms with van der Waals surface area (Å²) in [7, 11) is 0. The molecule has 3 rings (SSSR count). The zero-order chi connectivity index (χ0) is 13.3. The molecular formula is C16H25N3. The van der Waals surface area contributed by atoms with Crippen molar-refractivity contribution in [3.8, 4) is 0 Å². The molecule has 0 amide bonds. The number of pyridine rings is 1. The molecule has 19 heavy (non-hydrogen) atoms. The average molecular weight is 259 g/mol. The van der Waals surface area contributed by atoms with E-state index in [1.165, 1.54) is 49.8 Å². The third kappa shape index (κ3) is 2.62. The lowest BCUT2D eigenvalue weighted by Gasteiger charge is -2.40. The van der Waals surface area contributed by atoms with Crippen LogP contribution >= 0.6 is 0 Å². The van der Waals surface area contributed by atoms with E-state index in [4.69, 9.17) is 10.7 Å². The van der Waals surface area contributed by atoms with Gasteiger partial charge in [-0.1, -0.05) is 25.8 Å². The lowest BCUT2D eigenvalue weighted by molar-refractivity contribution is 0.263. The molecule has 1 saturated carbocycles. The van der Waals surface area contributed by atoms with Gasteiger partial charge in [0.05, 0.1) is 5.54 Å². The smallest absolute Gasteiger partial charge is 0.126 e. The van der Waals surface area contributed by atoms with Crippen LogP contribution in [0.25, 0.3) is 0 Å². The maximum Gasteiger partial charge on any atom is 0.126 e. The number of fused-ring (bicyclic) bond motifs is 1. The maximum atomic E-state index is 6.07. The van der Waals surface area contributed by atoms with E-state index in [9.17, 15) is 0 Å². The number of nitrogens with two attached hydrogens (primary N) is 1. The van der Waals surface area contributed by atoms with Gasteiger partial charge in [0.1, 0.15) is 5.82 Å². The first-order valence-corrected chi connectivity index (χ1v) is 7.68. The minimum atomic E-state index is 0.0670.